The van der Waals surface area contributed by atoms with Crippen LogP contribution in [0.2, 0.25) is 0 Å². The predicted molar refractivity (Wildman–Crippen MR) is 51.8 cm³/mol. The molecule has 0 aromatic heterocycles. The summed E-state index contributed by atoms with van der Waals surface area (Å²) in [5.74, 6) is 0.904. The summed E-state index contributed by atoms with van der Waals surface area (Å²) < 4.78 is 5.46. The molecular weight excluding hydrogens is 162 g/mol. The van der Waals surface area contributed by atoms with Crippen molar-refractivity contribution in [3.8, 4) is 11.8 Å². The van der Waals surface area contributed by atoms with Crippen LogP contribution in [0, 0.1) is 25.2 Å². The van der Waals surface area contributed by atoms with Gasteiger partial charge in [0.2, 0.25) is 0 Å². The molecule has 0 aliphatic rings. The Kier molecular flexibility index (Phi) is 2.92. The summed E-state index contributed by atoms with van der Waals surface area (Å²) in [7, 11) is 0. The van der Waals surface area contributed by atoms with E-state index < -0.39 is 0 Å². The molecule has 0 atom stereocenters. The van der Waals surface area contributed by atoms with E-state index in [-0.39, 0.29) is 0 Å². The quantitative estimate of drug-likeness (QED) is 0.692. The van der Waals surface area contributed by atoms with Gasteiger partial charge in [0.1, 0.15) is 5.75 Å². The Morgan fingerprint density at radius 1 is 1.31 bits per heavy atom. The zero-order chi connectivity index (χ0) is 9.84. The third-order valence-corrected chi connectivity index (χ3v) is 1.88. The van der Waals surface area contributed by atoms with Gasteiger partial charge < -0.3 is 4.74 Å². The Morgan fingerprint density at radius 2 is 1.85 bits per heavy atom. The highest BCUT2D eigenvalue weighted by Crippen LogP contribution is 2.24. The molecule has 1 rings (SSSR count). The first-order valence-electron chi connectivity index (χ1n) is 4.33. The van der Waals surface area contributed by atoms with Gasteiger partial charge in [0.25, 0.3) is 0 Å². The summed E-state index contributed by atoms with van der Waals surface area (Å²) in [5.41, 5.74) is 2.75. The highest BCUT2D eigenvalue weighted by Gasteiger charge is 2.04. The van der Waals surface area contributed by atoms with Gasteiger partial charge in [0.05, 0.1) is 18.2 Å². The number of nitrogens with zero attached hydrogens (tertiary/aromatic N) is 1. The Morgan fingerprint density at radius 3 is 2.23 bits per heavy atom. The van der Waals surface area contributed by atoms with E-state index >= 15 is 0 Å². The van der Waals surface area contributed by atoms with Crippen molar-refractivity contribution in [3.63, 3.8) is 0 Å². The number of ether oxygens (including phenoxy) is 1. The van der Waals surface area contributed by atoms with Crippen LogP contribution >= 0.6 is 0 Å². The van der Waals surface area contributed by atoms with E-state index in [2.05, 4.69) is 6.07 Å². The molecule has 0 radical (unpaired) electrons. The molecule has 0 saturated heterocycles. The zero-order valence-electron chi connectivity index (χ0n) is 8.22. The van der Waals surface area contributed by atoms with Crippen molar-refractivity contribution >= 4 is 0 Å². The number of hydrogen-bond donors (Lipinski definition) is 0. The van der Waals surface area contributed by atoms with Crippen LogP contribution < -0.4 is 4.74 Å². The minimum absolute atomic E-state index is 0.660. The van der Waals surface area contributed by atoms with Crippen LogP contribution in [0.1, 0.15) is 23.6 Å². The standard InChI is InChI=1S/C11H13NO/c1-4-13-11-8(2)5-10(7-12)6-9(11)3/h5-6H,4H2,1-3H3. The first kappa shape index (κ1) is 9.60. The Bertz CT molecular complexity index is 327. The summed E-state index contributed by atoms with van der Waals surface area (Å²) in [6, 6.07) is 5.81. The van der Waals surface area contributed by atoms with Crippen LogP contribution in [0.5, 0.6) is 5.75 Å². The Labute approximate surface area is 78.8 Å². The molecule has 0 heterocycles. The molecule has 0 fully saturated rings. The summed E-state index contributed by atoms with van der Waals surface area (Å²) >= 11 is 0. The molecule has 0 saturated carbocycles. The number of nitriles is 1. The molecule has 0 N–H and O–H groups in total. The molecule has 68 valence electrons. The van der Waals surface area contributed by atoms with Crippen molar-refractivity contribution in [3.05, 3.63) is 28.8 Å². The van der Waals surface area contributed by atoms with Crippen LogP contribution in [0.25, 0.3) is 0 Å². The minimum atomic E-state index is 0.660. The van der Waals surface area contributed by atoms with Crippen LogP contribution in [0.4, 0.5) is 0 Å². The lowest BCUT2D eigenvalue weighted by Crippen LogP contribution is -1.97. The van der Waals surface area contributed by atoms with Gasteiger partial charge in [-0.1, -0.05) is 0 Å². The first-order chi connectivity index (χ1) is 6.19. The molecule has 1 aromatic carbocycles. The van der Waals surface area contributed by atoms with Crippen LogP contribution in [0.15, 0.2) is 12.1 Å². The molecule has 0 unspecified atom stereocenters. The fraction of sp³-hybridized carbons (Fsp3) is 0.364. The summed E-state index contributed by atoms with van der Waals surface area (Å²) in [4.78, 5) is 0. The zero-order valence-corrected chi connectivity index (χ0v) is 8.22. The highest BCUT2D eigenvalue weighted by atomic mass is 16.5. The van der Waals surface area contributed by atoms with E-state index in [0.717, 1.165) is 16.9 Å². The number of benzene rings is 1. The molecule has 0 aliphatic carbocycles. The maximum Gasteiger partial charge on any atom is 0.125 e. The van der Waals surface area contributed by atoms with E-state index in [0.29, 0.717) is 12.2 Å². The summed E-state index contributed by atoms with van der Waals surface area (Å²) in [5, 5.41) is 8.72. The van der Waals surface area contributed by atoms with Crippen molar-refractivity contribution in [2.24, 2.45) is 0 Å². The van der Waals surface area contributed by atoms with E-state index in [4.69, 9.17) is 10.00 Å². The maximum absolute atomic E-state index is 8.72. The average Bonchev–Trinajstić information content (AvgIpc) is 2.11. The van der Waals surface area contributed by atoms with Crippen LogP contribution in [0.3, 0.4) is 0 Å². The monoisotopic (exact) mass is 175 g/mol. The lowest BCUT2D eigenvalue weighted by atomic mass is 10.1. The number of aryl methyl sites for hydroxylation is 2. The van der Waals surface area contributed by atoms with Gasteiger partial charge in [-0.25, -0.2) is 0 Å². The second kappa shape index (κ2) is 3.95. The second-order valence-corrected chi connectivity index (χ2v) is 2.98. The first-order valence-corrected chi connectivity index (χ1v) is 4.33. The molecule has 1 aromatic rings. The number of rotatable bonds is 2. The van der Waals surface area contributed by atoms with Crippen LogP contribution in [-0.4, -0.2) is 6.61 Å². The second-order valence-electron chi connectivity index (χ2n) is 2.98. The Balaban J connectivity index is 3.17. The van der Waals surface area contributed by atoms with Crippen LogP contribution in [-0.2, 0) is 0 Å². The molecule has 0 amide bonds. The molecular formula is C11H13NO. The van der Waals surface area contributed by atoms with Gasteiger partial charge in [-0.2, -0.15) is 5.26 Å². The molecule has 2 nitrogen and oxygen atoms in total. The third kappa shape index (κ3) is 2.00. The smallest absolute Gasteiger partial charge is 0.125 e. The fourth-order valence-corrected chi connectivity index (χ4v) is 1.39. The largest absolute Gasteiger partial charge is 0.493 e. The third-order valence-electron chi connectivity index (χ3n) is 1.88. The lowest BCUT2D eigenvalue weighted by molar-refractivity contribution is 0.335. The Hall–Kier alpha value is -1.49. The van der Waals surface area contributed by atoms with E-state index in [1.54, 1.807) is 0 Å². The molecule has 0 bridgehead atoms. The maximum atomic E-state index is 8.72. The van der Waals surface area contributed by atoms with E-state index in [1.165, 1.54) is 0 Å². The fourth-order valence-electron chi connectivity index (χ4n) is 1.39. The van der Waals surface area contributed by atoms with Crippen molar-refractivity contribution in [2.75, 3.05) is 6.61 Å². The minimum Gasteiger partial charge on any atom is -0.493 e. The van der Waals surface area contributed by atoms with E-state index in [1.807, 2.05) is 32.9 Å². The average molecular weight is 175 g/mol. The molecule has 0 aliphatic heterocycles. The van der Waals surface area contributed by atoms with Gasteiger partial charge in [-0.3, -0.25) is 0 Å². The van der Waals surface area contributed by atoms with Gasteiger partial charge in [0.15, 0.2) is 0 Å². The molecule has 13 heavy (non-hydrogen) atoms. The van der Waals surface area contributed by atoms with Gasteiger partial charge in [-0.05, 0) is 44.0 Å². The normalized spacial score (nSPS) is 9.38. The van der Waals surface area contributed by atoms with Crippen molar-refractivity contribution in [1.29, 1.82) is 5.26 Å². The molecule has 2 heteroatoms. The summed E-state index contributed by atoms with van der Waals surface area (Å²) in [6.07, 6.45) is 0. The molecule has 0 spiro atoms. The van der Waals surface area contributed by atoms with Crippen molar-refractivity contribution in [2.45, 2.75) is 20.8 Å². The highest BCUT2D eigenvalue weighted by molar-refractivity contribution is 5.47. The van der Waals surface area contributed by atoms with Gasteiger partial charge >= 0.3 is 0 Å². The van der Waals surface area contributed by atoms with E-state index in [9.17, 15) is 0 Å². The SMILES string of the molecule is CCOc1c(C)cc(C#N)cc1C. The van der Waals surface area contributed by atoms with Gasteiger partial charge in [0, 0.05) is 0 Å². The predicted octanol–water partition coefficient (Wildman–Crippen LogP) is 2.57. The lowest BCUT2D eigenvalue weighted by Gasteiger charge is -2.10. The van der Waals surface area contributed by atoms with Crippen molar-refractivity contribution in [1.82, 2.24) is 0 Å². The van der Waals surface area contributed by atoms with Gasteiger partial charge in [-0.15, -0.1) is 0 Å². The summed E-state index contributed by atoms with van der Waals surface area (Å²) in [6.45, 7) is 6.53. The topological polar surface area (TPSA) is 33.0 Å². The van der Waals surface area contributed by atoms with Crippen molar-refractivity contribution < 1.29 is 4.74 Å². The number of hydrogen-bond acceptors (Lipinski definition) is 2.